The Hall–Kier alpha value is -2.19. The summed E-state index contributed by atoms with van der Waals surface area (Å²) < 4.78 is 30.5. The normalized spacial score (nSPS) is 10.8. The Morgan fingerprint density at radius 3 is 2.41 bits per heavy atom. The highest BCUT2D eigenvalue weighted by atomic mass is 32.2. The number of hydrogen-bond acceptors (Lipinski definition) is 5. The summed E-state index contributed by atoms with van der Waals surface area (Å²) in [7, 11) is -2.34. The zero-order valence-corrected chi connectivity index (χ0v) is 13.0. The first kappa shape index (κ1) is 17.9. The molecular weight excluding hydrogens is 308 g/mol. The number of sulfonamides is 1. The van der Waals surface area contributed by atoms with Crippen LogP contribution in [0.3, 0.4) is 0 Å². The number of methoxy groups -OCH3 is 1. The maximum atomic E-state index is 11.8. The lowest BCUT2D eigenvalue weighted by Crippen LogP contribution is -2.23. The summed E-state index contributed by atoms with van der Waals surface area (Å²) in [6, 6.07) is 5.69. The van der Waals surface area contributed by atoms with Crippen LogP contribution in [-0.4, -0.2) is 33.9 Å². The van der Waals surface area contributed by atoms with Crippen molar-refractivity contribution >= 4 is 27.6 Å². The largest absolute Gasteiger partial charge is 0.469 e. The molecule has 0 radical (unpaired) electrons. The third-order valence-corrected chi connectivity index (χ3v) is 4.09. The summed E-state index contributed by atoms with van der Waals surface area (Å²) in [5.41, 5.74) is 0.442. The first-order chi connectivity index (χ1) is 10.4. The summed E-state index contributed by atoms with van der Waals surface area (Å²) in [5, 5.41) is 2.57. The van der Waals surface area contributed by atoms with Crippen LogP contribution in [0.4, 0.5) is 5.69 Å². The van der Waals surface area contributed by atoms with E-state index < -0.39 is 16.0 Å². The number of esters is 1. The van der Waals surface area contributed by atoms with E-state index in [4.69, 9.17) is 0 Å². The molecule has 1 aromatic carbocycles. The fourth-order valence-electron chi connectivity index (χ4n) is 1.51. The van der Waals surface area contributed by atoms with Gasteiger partial charge in [0.2, 0.25) is 15.9 Å². The standard InChI is InChI=1S/C14H18N2O5S/c1-3-10-15-22(19,20)12-6-4-11(5-7-12)16-13(17)8-9-14(18)21-2/h3-7,15H,1,8-10H2,2H3,(H,16,17). The highest BCUT2D eigenvalue weighted by Gasteiger charge is 2.13. The van der Waals surface area contributed by atoms with E-state index in [-0.39, 0.29) is 30.2 Å². The molecule has 1 aromatic rings. The Bertz CT molecular complexity index is 638. The quantitative estimate of drug-likeness (QED) is 0.549. The van der Waals surface area contributed by atoms with Gasteiger partial charge in [-0.2, -0.15) is 0 Å². The Kier molecular flexibility index (Phi) is 6.74. The maximum Gasteiger partial charge on any atom is 0.306 e. The van der Waals surface area contributed by atoms with E-state index in [0.29, 0.717) is 5.69 Å². The average molecular weight is 326 g/mol. The van der Waals surface area contributed by atoms with Crippen LogP contribution in [0, 0.1) is 0 Å². The van der Waals surface area contributed by atoms with Gasteiger partial charge in [-0.25, -0.2) is 13.1 Å². The van der Waals surface area contributed by atoms with E-state index in [1.165, 1.54) is 37.5 Å². The number of hydrogen-bond donors (Lipinski definition) is 2. The molecule has 0 aromatic heterocycles. The van der Waals surface area contributed by atoms with Crippen molar-refractivity contribution in [1.29, 1.82) is 0 Å². The van der Waals surface area contributed by atoms with E-state index in [9.17, 15) is 18.0 Å². The molecule has 0 bridgehead atoms. The molecule has 0 spiro atoms. The van der Waals surface area contributed by atoms with Gasteiger partial charge in [-0.05, 0) is 24.3 Å². The van der Waals surface area contributed by atoms with Gasteiger partial charge in [0, 0.05) is 18.7 Å². The molecule has 0 aliphatic carbocycles. The molecule has 7 nitrogen and oxygen atoms in total. The summed E-state index contributed by atoms with van der Waals surface area (Å²) in [6.45, 7) is 3.57. The molecule has 0 saturated heterocycles. The minimum Gasteiger partial charge on any atom is -0.469 e. The second kappa shape index (κ2) is 8.30. The van der Waals surface area contributed by atoms with Gasteiger partial charge < -0.3 is 10.1 Å². The Morgan fingerprint density at radius 1 is 1.23 bits per heavy atom. The fourth-order valence-corrected chi connectivity index (χ4v) is 2.51. The van der Waals surface area contributed by atoms with Crippen LogP contribution in [0.5, 0.6) is 0 Å². The molecule has 0 aliphatic rings. The van der Waals surface area contributed by atoms with Gasteiger partial charge in [0.05, 0.1) is 18.4 Å². The number of ether oxygens (including phenoxy) is 1. The second-order valence-corrected chi connectivity index (χ2v) is 6.06. The van der Waals surface area contributed by atoms with Gasteiger partial charge in [0.15, 0.2) is 0 Å². The highest BCUT2D eigenvalue weighted by molar-refractivity contribution is 7.89. The van der Waals surface area contributed by atoms with Crippen molar-refractivity contribution in [1.82, 2.24) is 4.72 Å². The van der Waals surface area contributed by atoms with Crippen molar-refractivity contribution in [2.24, 2.45) is 0 Å². The lowest BCUT2D eigenvalue weighted by atomic mass is 10.2. The van der Waals surface area contributed by atoms with Crippen LogP contribution in [0.25, 0.3) is 0 Å². The van der Waals surface area contributed by atoms with Crippen LogP contribution < -0.4 is 10.0 Å². The average Bonchev–Trinajstić information content (AvgIpc) is 2.51. The van der Waals surface area contributed by atoms with Gasteiger partial charge in [0.1, 0.15) is 0 Å². The molecule has 0 heterocycles. The van der Waals surface area contributed by atoms with Gasteiger partial charge >= 0.3 is 5.97 Å². The number of carbonyl (C=O) groups is 2. The SMILES string of the molecule is C=CCNS(=O)(=O)c1ccc(NC(=O)CCC(=O)OC)cc1. The minimum atomic E-state index is -3.59. The van der Waals surface area contributed by atoms with E-state index >= 15 is 0 Å². The molecule has 0 fully saturated rings. The van der Waals surface area contributed by atoms with Gasteiger partial charge in [-0.1, -0.05) is 6.08 Å². The summed E-state index contributed by atoms with van der Waals surface area (Å²) in [4.78, 5) is 22.6. The Balaban J connectivity index is 2.63. The predicted octanol–water partition coefficient (Wildman–Crippen LogP) is 1.04. The number of anilines is 1. The molecule has 2 N–H and O–H groups in total. The molecular formula is C14H18N2O5S. The van der Waals surface area contributed by atoms with E-state index in [1.807, 2.05) is 0 Å². The van der Waals surface area contributed by atoms with Crippen molar-refractivity contribution in [3.63, 3.8) is 0 Å². The summed E-state index contributed by atoms with van der Waals surface area (Å²) in [6.07, 6.45) is 1.42. The monoisotopic (exact) mass is 326 g/mol. The van der Waals surface area contributed by atoms with Crippen LogP contribution >= 0.6 is 0 Å². The summed E-state index contributed by atoms with van der Waals surface area (Å²) in [5.74, 6) is -0.823. The molecule has 0 aliphatic heterocycles. The molecule has 22 heavy (non-hydrogen) atoms. The smallest absolute Gasteiger partial charge is 0.306 e. The fraction of sp³-hybridized carbons (Fsp3) is 0.286. The maximum absolute atomic E-state index is 11.8. The van der Waals surface area contributed by atoms with Crippen LogP contribution in [0.2, 0.25) is 0 Å². The van der Waals surface area contributed by atoms with Crippen molar-refractivity contribution in [2.75, 3.05) is 19.0 Å². The second-order valence-electron chi connectivity index (χ2n) is 4.29. The third-order valence-electron chi connectivity index (χ3n) is 2.65. The topological polar surface area (TPSA) is 102 Å². The van der Waals surface area contributed by atoms with Crippen LogP contribution in [-0.2, 0) is 24.3 Å². The molecule has 0 atom stereocenters. The van der Waals surface area contributed by atoms with Crippen LogP contribution in [0.15, 0.2) is 41.8 Å². The van der Waals surface area contributed by atoms with E-state index in [1.54, 1.807) is 0 Å². The zero-order chi connectivity index (χ0) is 16.6. The predicted molar refractivity (Wildman–Crippen MR) is 81.7 cm³/mol. The van der Waals surface area contributed by atoms with Crippen LogP contribution in [0.1, 0.15) is 12.8 Å². The van der Waals surface area contributed by atoms with Crippen molar-refractivity contribution in [3.8, 4) is 0 Å². The number of amides is 1. The van der Waals surface area contributed by atoms with Crippen molar-refractivity contribution < 1.29 is 22.7 Å². The number of carbonyl (C=O) groups excluding carboxylic acids is 2. The lowest BCUT2D eigenvalue weighted by Gasteiger charge is -2.07. The highest BCUT2D eigenvalue weighted by Crippen LogP contribution is 2.14. The number of rotatable bonds is 8. The zero-order valence-electron chi connectivity index (χ0n) is 12.2. The van der Waals surface area contributed by atoms with E-state index in [0.717, 1.165) is 0 Å². The Labute approximate surface area is 129 Å². The van der Waals surface area contributed by atoms with Gasteiger partial charge in [-0.15, -0.1) is 6.58 Å². The van der Waals surface area contributed by atoms with Gasteiger partial charge in [-0.3, -0.25) is 9.59 Å². The lowest BCUT2D eigenvalue weighted by molar-refractivity contribution is -0.141. The molecule has 0 unspecified atom stereocenters. The van der Waals surface area contributed by atoms with Gasteiger partial charge in [0.25, 0.3) is 0 Å². The number of nitrogens with one attached hydrogen (secondary N) is 2. The van der Waals surface area contributed by atoms with Crippen molar-refractivity contribution in [2.45, 2.75) is 17.7 Å². The minimum absolute atomic E-state index is 0.00634. The molecule has 0 saturated carbocycles. The van der Waals surface area contributed by atoms with E-state index in [2.05, 4.69) is 21.4 Å². The number of benzene rings is 1. The summed E-state index contributed by atoms with van der Waals surface area (Å²) >= 11 is 0. The van der Waals surface area contributed by atoms with Crippen molar-refractivity contribution in [3.05, 3.63) is 36.9 Å². The third kappa shape index (κ3) is 5.66. The first-order valence-corrected chi connectivity index (χ1v) is 7.94. The Morgan fingerprint density at radius 2 is 1.86 bits per heavy atom. The molecule has 8 heteroatoms. The molecule has 1 amide bonds. The first-order valence-electron chi connectivity index (χ1n) is 6.46. The molecule has 1 rings (SSSR count). The molecule has 120 valence electrons.